The smallest absolute Gasteiger partial charge is 0.253 e. The van der Waals surface area contributed by atoms with Gasteiger partial charge in [0.05, 0.1) is 0 Å². The minimum Gasteiger partial charge on any atom is -0.339 e. The SMILES string of the molecule is C[C@@H]1C[C@@H]1C(=O)Nc1cccc(C(=O)N2CCC(N(C)C)CC2)c1. The maximum absolute atomic E-state index is 12.7. The molecule has 0 spiro atoms. The highest BCUT2D eigenvalue weighted by Gasteiger charge is 2.39. The van der Waals surface area contributed by atoms with E-state index in [0.29, 0.717) is 23.2 Å². The number of amides is 2. The van der Waals surface area contributed by atoms with E-state index in [1.54, 1.807) is 6.07 Å². The van der Waals surface area contributed by atoms with Crippen molar-refractivity contribution in [1.29, 1.82) is 0 Å². The largest absolute Gasteiger partial charge is 0.339 e. The minimum absolute atomic E-state index is 0.0584. The highest BCUT2D eigenvalue weighted by Crippen LogP contribution is 2.38. The molecule has 5 heteroatoms. The molecule has 1 aliphatic heterocycles. The van der Waals surface area contributed by atoms with Gasteiger partial charge < -0.3 is 15.1 Å². The number of anilines is 1. The van der Waals surface area contributed by atoms with Crippen LogP contribution in [0.15, 0.2) is 24.3 Å². The van der Waals surface area contributed by atoms with E-state index in [4.69, 9.17) is 0 Å². The molecular weight excluding hydrogens is 302 g/mol. The maximum atomic E-state index is 12.7. The fourth-order valence-corrected chi connectivity index (χ4v) is 3.42. The van der Waals surface area contributed by atoms with Crippen LogP contribution in [0.5, 0.6) is 0 Å². The van der Waals surface area contributed by atoms with E-state index >= 15 is 0 Å². The molecule has 1 heterocycles. The van der Waals surface area contributed by atoms with Crippen molar-refractivity contribution in [2.24, 2.45) is 11.8 Å². The lowest BCUT2D eigenvalue weighted by molar-refractivity contribution is -0.117. The van der Waals surface area contributed by atoms with E-state index in [1.165, 1.54) is 0 Å². The molecule has 0 radical (unpaired) electrons. The molecule has 1 saturated heterocycles. The summed E-state index contributed by atoms with van der Waals surface area (Å²) >= 11 is 0. The Kier molecular flexibility index (Phi) is 4.90. The molecule has 0 unspecified atom stereocenters. The third-order valence-electron chi connectivity index (χ3n) is 5.31. The van der Waals surface area contributed by atoms with E-state index < -0.39 is 0 Å². The number of benzene rings is 1. The first-order chi connectivity index (χ1) is 11.5. The van der Waals surface area contributed by atoms with Crippen LogP contribution in [0.25, 0.3) is 0 Å². The summed E-state index contributed by atoms with van der Waals surface area (Å²) in [4.78, 5) is 28.9. The summed E-state index contributed by atoms with van der Waals surface area (Å²) in [5.41, 5.74) is 1.37. The van der Waals surface area contributed by atoms with Crippen LogP contribution in [0.1, 0.15) is 36.5 Å². The second-order valence-corrected chi connectivity index (χ2v) is 7.38. The molecule has 5 nitrogen and oxygen atoms in total. The Morgan fingerprint density at radius 3 is 2.46 bits per heavy atom. The van der Waals surface area contributed by atoms with E-state index in [-0.39, 0.29) is 17.7 Å². The number of nitrogens with one attached hydrogen (secondary N) is 1. The lowest BCUT2D eigenvalue weighted by Gasteiger charge is -2.35. The highest BCUT2D eigenvalue weighted by molar-refractivity contribution is 5.98. The molecule has 1 aliphatic carbocycles. The number of likely N-dealkylation sites (tertiary alicyclic amines) is 1. The van der Waals surface area contributed by atoms with Crippen molar-refractivity contribution in [3.63, 3.8) is 0 Å². The predicted octanol–water partition coefficient (Wildman–Crippen LogP) is 2.45. The monoisotopic (exact) mass is 329 g/mol. The fourth-order valence-electron chi connectivity index (χ4n) is 3.42. The summed E-state index contributed by atoms with van der Waals surface area (Å²) in [5.74, 6) is 0.740. The number of piperidine rings is 1. The van der Waals surface area contributed by atoms with Crippen molar-refractivity contribution in [1.82, 2.24) is 9.80 Å². The topological polar surface area (TPSA) is 52.7 Å². The summed E-state index contributed by atoms with van der Waals surface area (Å²) in [5, 5.41) is 2.94. The van der Waals surface area contributed by atoms with Crippen LogP contribution < -0.4 is 5.32 Å². The standard InChI is InChI=1S/C19H27N3O2/c1-13-11-17(13)18(23)20-15-6-4-5-14(12-15)19(24)22-9-7-16(8-10-22)21(2)3/h4-6,12-13,16-17H,7-11H2,1-3H3,(H,20,23)/t13-,17+/m1/s1. The summed E-state index contributed by atoms with van der Waals surface area (Å²) in [6.07, 6.45) is 2.98. The Bertz CT molecular complexity index is 621. The number of nitrogens with zero attached hydrogens (tertiary/aromatic N) is 2. The van der Waals surface area contributed by atoms with Gasteiger partial charge >= 0.3 is 0 Å². The molecule has 1 saturated carbocycles. The summed E-state index contributed by atoms with van der Waals surface area (Å²) in [6, 6.07) is 7.87. The van der Waals surface area contributed by atoms with Crippen molar-refractivity contribution in [3.8, 4) is 0 Å². The number of carbonyl (C=O) groups excluding carboxylic acids is 2. The zero-order chi connectivity index (χ0) is 17.3. The molecule has 3 rings (SSSR count). The Labute approximate surface area is 144 Å². The zero-order valence-electron chi connectivity index (χ0n) is 14.8. The van der Waals surface area contributed by atoms with Gasteiger partial charge in [0.1, 0.15) is 0 Å². The molecule has 1 N–H and O–H groups in total. The van der Waals surface area contributed by atoms with Gasteiger partial charge in [-0.15, -0.1) is 0 Å². The summed E-state index contributed by atoms with van der Waals surface area (Å²) in [7, 11) is 4.18. The number of hydrogen-bond donors (Lipinski definition) is 1. The molecule has 130 valence electrons. The third-order valence-corrected chi connectivity index (χ3v) is 5.31. The van der Waals surface area contributed by atoms with Crippen LogP contribution in [0.3, 0.4) is 0 Å². The van der Waals surface area contributed by atoms with Crippen molar-refractivity contribution in [2.45, 2.75) is 32.2 Å². The molecule has 1 aromatic rings. The summed E-state index contributed by atoms with van der Waals surface area (Å²) < 4.78 is 0. The van der Waals surface area contributed by atoms with E-state index in [1.807, 2.05) is 23.1 Å². The van der Waals surface area contributed by atoms with Crippen molar-refractivity contribution < 1.29 is 9.59 Å². The number of hydrogen-bond acceptors (Lipinski definition) is 3. The lowest BCUT2D eigenvalue weighted by atomic mass is 10.0. The van der Waals surface area contributed by atoms with Gasteiger partial charge in [-0.3, -0.25) is 9.59 Å². The van der Waals surface area contributed by atoms with Gasteiger partial charge in [-0.25, -0.2) is 0 Å². The first-order valence-corrected chi connectivity index (χ1v) is 8.82. The number of rotatable bonds is 4. The van der Waals surface area contributed by atoms with Crippen LogP contribution in [0.2, 0.25) is 0 Å². The average Bonchev–Trinajstić information content (AvgIpc) is 3.31. The van der Waals surface area contributed by atoms with Gasteiger partial charge in [-0.1, -0.05) is 13.0 Å². The van der Waals surface area contributed by atoms with E-state index in [9.17, 15) is 9.59 Å². The average molecular weight is 329 g/mol. The minimum atomic E-state index is 0.0584. The molecule has 2 fully saturated rings. The second kappa shape index (κ2) is 6.93. The molecule has 2 aliphatic rings. The first-order valence-electron chi connectivity index (χ1n) is 8.82. The maximum Gasteiger partial charge on any atom is 0.253 e. The third kappa shape index (κ3) is 3.78. The molecule has 24 heavy (non-hydrogen) atoms. The van der Waals surface area contributed by atoms with Gasteiger partial charge in [0.25, 0.3) is 5.91 Å². The van der Waals surface area contributed by atoms with Crippen molar-refractivity contribution >= 4 is 17.5 Å². The lowest BCUT2D eigenvalue weighted by Crippen LogP contribution is -2.44. The Balaban J connectivity index is 1.61. The highest BCUT2D eigenvalue weighted by atomic mass is 16.2. The number of carbonyl (C=O) groups is 2. The molecule has 0 bridgehead atoms. The molecule has 0 aromatic heterocycles. The van der Waals surface area contributed by atoms with Crippen LogP contribution in [-0.4, -0.2) is 54.8 Å². The van der Waals surface area contributed by atoms with Gasteiger partial charge in [0.2, 0.25) is 5.91 Å². The molecule has 2 amide bonds. The Morgan fingerprint density at radius 1 is 1.21 bits per heavy atom. The van der Waals surface area contributed by atoms with Gasteiger partial charge in [-0.2, -0.15) is 0 Å². The Morgan fingerprint density at radius 2 is 1.88 bits per heavy atom. The van der Waals surface area contributed by atoms with Gasteiger partial charge in [0.15, 0.2) is 0 Å². The van der Waals surface area contributed by atoms with Crippen LogP contribution >= 0.6 is 0 Å². The molecule has 1 aromatic carbocycles. The van der Waals surface area contributed by atoms with Crippen LogP contribution in [-0.2, 0) is 4.79 Å². The van der Waals surface area contributed by atoms with E-state index in [0.717, 1.165) is 32.4 Å². The van der Waals surface area contributed by atoms with Crippen molar-refractivity contribution in [2.75, 3.05) is 32.5 Å². The zero-order valence-corrected chi connectivity index (χ0v) is 14.8. The van der Waals surface area contributed by atoms with E-state index in [2.05, 4.69) is 31.2 Å². The quantitative estimate of drug-likeness (QED) is 0.923. The van der Waals surface area contributed by atoms with Crippen LogP contribution in [0.4, 0.5) is 5.69 Å². The first kappa shape index (κ1) is 17.0. The van der Waals surface area contributed by atoms with Crippen LogP contribution in [0, 0.1) is 11.8 Å². The fraction of sp³-hybridized carbons (Fsp3) is 0.579. The predicted molar refractivity (Wildman–Crippen MR) is 95.0 cm³/mol. The normalized spacial score (nSPS) is 24.1. The Hall–Kier alpha value is -1.88. The molecule has 2 atom stereocenters. The van der Waals surface area contributed by atoms with Gasteiger partial charge in [-0.05, 0) is 57.5 Å². The van der Waals surface area contributed by atoms with Gasteiger partial charge in [0, 0.05) is 36.3 Å². The second-order valence-electron chi connectivity index (χ2n) is 7.38. The summed E-state index contributed by atoms with van der Waals surface area (Å²) in [6.45, 7) is 3.66. The molecular formula is C19H27N3O2. The van der Waals surface area contributed by atoms with Crippen molar-refractivity contribution in [3.05, 3.63) is 29.8 Å².